The quantitative estimate of drug-likeness (QED) is 0.682. The first-order chi connectivity index (χ1) is 15.5. The molecule has 0 unspecified atom stereocenters. The van der Waals surface area contributed by atoms with Gasteiger partial charge in [0.1, 0.15) is 17.8 Å². The molecule has 4 amide bonds. The maximum Gasteiger partial charge on any atom is 0.274 e. The fourth-order valence-corrected chi connectivity index (χ4v) is 4.79. The number of hydrogen-bond acceptors (Lipinski definition) is 6. The molecule has 2 saturated heterocycles. The molecule has 3 heterocycles. The second kappa shape index (κ2) is 10.1. The summed E-state index contributed by atoms with van der Waals surface area (Å²) >= 11 is 0. The second-order valence-electron chi connectivity index (χ2n) is 8.72. The van der Waals surface area contributed by atoms with Gasteiger partial charge in [0.25, 0.3) is 5.91 Å². The second-order valence-corrected chi connectivity index (χ2v) is 8.72. The number of hydrogen-bond donors (Lipinski definition) is 2. The Morgan fingerprint density at radius 3 is 2.56 bits per heavy atom. The lowest BCUT2D eigenvalue weighted by Gasteiger charge is -2.42. The minimum Gasteiger partial charge on any atom is -0.354 e. The number of aromatic nitrogens is 2. The van der Waals surface area contributed by atoms with Crippen LogP contribution in [0, 0.1) is 5.92 Å². The molecule has 1 aliphatic carbocycles. The van der Waals surface area contributed by atoms with Crippen molar-refractivity contribution in [2.24, 2.45) is 5.92 Å². The van der Waals surface area contributed by atoms with Gasteiger partial charge in [-0.3, -0.25) is 24.2 Å². The molecule has 1 saturated carbocycles. The Morgan fingerprint density at radius 2 is 1.84 bits per heavy atom. The number of nitrogens with zero attached hydrogens (tertiary/aromatic N) is 4. The van der Waals surface area contributed by atoms with Crippen molar-refractivity contribution >= 4 is 23.6 Å². The van der Waals surface area contributed by atoms with Crippen molar-refractivity contribution < 1.29 is 19.2 Å². The summed E-state index contributed by atoms with van der Waals surface area (Å²) in [6.07, 6.45) is 10.6. The first-order valence-corrected chi connectivity index (χ1v) is 11.5. The molecular formula is C22H30N6O4. The molecule has 2 N–H and O–H groups in total. The van der Waals surface area contributed by atoms with E-state index in [2.05, 4.69) is 20.6 Å². The highest BCUT2D eigenvalue weighted by molar-refractivity contribution is 5.97. The van der Waals surface area contributed by atoms with Crippen molar-refractivity contribution in [3.63, 3.8) is 0 Å². The first kappa shape index (κ1) is 22.2. The molecule has 0 radical (unpaired) electrons. The van der Waals surface area contributed by atoms with Gasteiger partial charge in [0.15, 0.2) is 0 Å². The van der Waals surface area contributed by atoms with Crippen LogP contribution < -0.4 is 10.6 Å². The molecule has 172 valence electrons. The van der Waals surface area contributed by atoms with Crippen molar-refractivity contribution in [1.82, 2.24) is 30.4 Å². The Labute approximate surface area is 187 Å². The van der Waals surface area contributed by atoms with E-state index in [0.717, 1.165) is 38.5 Å². The van der Waals surface area contributed by atoms with Gasteiger partial charge >= 0.3 is 0 Å². The summed E-state index contributed by atoms with van der Waals surface area (Å²) in [6.45, 7) is 1.30. The van der Waals surface area contributed by atoms with Gasteiger partial charge in [0, 0.05) is 37.9 Å². The summed E-state index contributed by atoms with van der Waals surface area (Å²) in [5.41, 5.74) is 0.146. The lowest BCUT2D eigenvalue weighted by molar-refractivity contribution is -0.142. The zero-order valence-corrected chi connectivity index (χ0v) is 18.2. The van der Waals surface area contributed by atoms with E-state index in [-0.39, 0.29) is 36.5 Å². The number of piperazine rings is 1. The molecule has 4 rings (SSSR count). The van der Waals surface area contributed by atoms with Gasteiger partial charge in [0.2, 0.25) is 17.7 Å². The Morgan fingerprint density at radius 1 is 1.03 bits per heavy atom. The van der Waals surface area contributed by atoms with E-state index in [1.807, 2.05) is 0 Å². The zero-order chi connectivity index (χ0) is 22.5. The summed E-state index contributed by atoms with van der Waals surface area (Å²) in [7, 11) is 0. The predicted molar refractivity (Wildman–Crippen MR) is 114 cm³/mol. The van der Waals surface area contributed by atoms with Crippen LogP contribution in [0.15, 0.2) is 18.6 Å². The molecule has 1 aromatic rings. The summed E-state index contributed by atoms with van der Waals surface area (Å²) < 4.78 is 0. The van der Waals surface area contributed by atoms with Crippen molar-refractivity contribution in [1.29, 1.82) is 0 Å². The summed E-state index contributed by atoms with van der Waals surface area (Å²) in [4.78, 5) is 62.8. The van der Waals surface area contributed by atoms with Gasteiger partial charge < -0.3 is 20.4 Å². The lowest BCUT2D eigenvalue weighted by Crippen LogP contribution is -2.64. The van der Waals surface area contributed by atoms with Crippen molar-refractivity contribution in [2.45, 2.75) is 57.0 Å². The van der Waals surface area contributed by atoms with E-state index in [9.17, 15) is 19.2 Å². The maximum absolute atomic E-state index is 13.2. The highest BCUT2D eigenvalue weighted by Gasteiger charge is 2.40. The van der Waals surface area contributed by atoms with Gasteiger partial charge in [-0.05, 0) is 25.7 Å². The minimum atomic E-state index is -0.888. The van der Waals surface area contributed by atoms with Crippen LogP contribution in [0.3, 0.4) is 0 Å². The number of carbonyl (C=O) groups excluding carboxylic acids is 4. The number of piperidine rings is 1. The highest BCUT2D eigenvalue weighted by atomic mass is 16.2. The fourth-order valence-electron chi connectivity index (χ4n) is 4.79. The normalized spacial score (nSPS) is 24.6. The van der Waals surface area contributed by atoms with Gasteiger partial charge in [-0.15, -0.1) is 0 Å². The van der Waals surface area contributed by atoms with E-state index < -0.39 is 23.9 Å². The van der Waals surface area contributed by atoms with Crippen molar-refractivity contribution in [2.75, 3.05) is 26.2 Å². The smallest absolute Gasteiger partial charge is 0.274 e. The van der Waals surface area contributed by atoms with Gasteiger partial charge in [-0.1, -0.05) is 19.3 Å². The average molecular weight is 443 g/mol. The topological polar surface area (TPSA) is 125 Å². The Bertz CT molecular complexity index is 857. The summed E-state index contributed by atoms with van der Waals surface area (Å²) in [5, 5.41) is 5.55. The maximum atomic E-state index is 13.2. The van der Waals surface area contributed by atoms with E-state index in [0.29, 0.717) is 19.5 Å². The Kier molecular flexibility index (Phi) is 6.96. The van der Waals surface area contributed by atoms with E-state index in [1.54, 1.807) is 4.90 Å². The largest absolute Gasteiger partial charge is 0.354 e. The molecule has 2 aliphatic heterocycles. The summed E-state index contributed by atoms with van der Waals surface area (Å²) in [6, 6.07) is -1.52. The minimum absolute atomic E-state index is 0.0150. The standard InChI is InChI=1S/C22H30N6O4/c29-19-16(7-4-8-25-19)26-20(30)18-14-27(21(31)15-5-2-1-3-6-15)11-12-28(18)22(32)17-13-23-9-10-24-17/h9-10,13,15-16,18H,1-8,11-12,14H2,(H,25,29)(H,26,30)/t16-,18+/m1/s1. The Hall–Kier alpha value is -3.04. The van der Waals surface area contributed by atoms with Gasteiger partial charge in [-0.25, -0.2) is 4.98 Å². The highest BCUT2D eigenvalue weighted by Crippen LogP contribution is 2.27. The first-order valence-electron chi connectivity index (χ1n) is 11.5. The third kappa shape index (κ3) is 4.89. The lowest BCUT2D eigenvalue weighted by atomic mass is 9.88. The van der Waals surface area contributed by atoms with Crippen LogP contribution in [0.25, 0.3) is 0 Å². The fraction of sp³-hybridized carbons (Fsp3) is 0.636. The third-order valence-electron chi connectivity index (χ3n) is 6.59. The summed E-state index contributed by atoms with van der Waals surface area (Å²) in [5.74, 6) is -1.01. The molecule has 10 nitrogen and oxygen atoms in total. The molecule has 3 aliphatic rings. The average Bonchev–Trinajstić information content (AvgIpc) is 2.85. The molecule has 2 atom stereocenters. The predicted octanol–water partition coefficient (Wildman–Crippen LogP) is 0.105. The molecule has 32 heavy (non-hydrogen) atoms. The van der Waals surface area contributed by atoms with Crippen LogP contribution in [-0.4, -0.2) is 81.7 Å². The van der Waals surface area contributed by atoms with Crippen LogP contribution in [-0.2, 0) is 14.4 Å². The van der Waals surface area contributed by atoms with Crippen LogP contribution in [0.4, 0.5) is 0 Å². The van der Waals surface area contributed by atoms with Crippen LogP contribution in [0.2, 0.25) is 0 Å². The molecule has 0 spiro atoms. The zero-order valence-electron chi connectivity index (χ0n) is 18.2. The molecule has 10 heteroatoms. The Balaban J connectivity index is 1.51. The third-order valence-corrected chi connectivity index (χ3v) is 6.59. The van der Waals surface area contributed by atoms with E-state index in [4.69, 9.17) is 0 Å². The molecular weight excluding hydrogens is 412 g/mol. The monoisotopic (exact) mass is 442 g/mol. The van der Waals surface area contributed by atoms with E-state index >= 15 is 0 Å². The van der Waals surface area contributed by atoms with Crippen molar-refractivity contribution in [3.8, 4) is 0 Å². The van der Waals surface area contributed by atoms with Crippen LogP contribution in [0.1, 0.15) is 55.4 Å². The number of carbonyl (C=O) groups is 4. The van der Waals surface area contributed by atoms with E-state index in [1.165, 1.54) is 23.5 Å². The SMILES string of the molecule is O=C1NCCC[C@H]1NC(=O)[C@@H]1CN(C(=O)C2CCCCC2)CCN1C(=O)c1cnccn1. The molecule has 3 fully saturated rings. The number of rotatable bonds is 4. The molecule has 0 bridgehead atoms. The van der Waals surface area contributed by atoms with Crippen molar-refractivity contribution in [3.05, 3.63) is 24.3 Å². The van der Waals surface area contributed by atoms with Gasteiger partial charge in [-0.2, -0.15) is 0 Å². The van der Waals surface area contributed by atoms with Crippen LogP contribution in [0.5, 0.6) is 0 Å². The molecule has 0 aromatic carbocycles. The van der Waals surface area contributed by atoms with Crippen LogP contribution >= 0.6 is 0 Å². The van der Waals surface area contributed by atoms with Gasteiger partial charge in [0.05, 0.1) is 12.7 Å². The molecule has 1 aromatic heterocycles. The number of amides is 4. The number of nitrogens with one attached hydrogen (secondary N) is 2.